The second kappa shape index (κ2) is 5.25. The third-order valence-electron chi connectivity index (χ3n) is 2.70. The maximum absolute atomic E-state index is 11.6. The van der Waals surface area contributed by atoms with E-state index in [2.05, 4.69) is 6.92 Å². The van der Waals surface area contributed by atoms with Crippen molar-refractivity contribution in [3.8, 4) is 0 Å². The van der Waals surface area contributed by atoms with Gasteiger partial charge in [0, 0.05) is 0 Å². The molecule has 0 aromatic rings. The smallest absolute Gasteiger partial charge is 0.311 e. The lowest BCUT2D eigenvalue weighted by atomic mass is 9.81. The number of esters is 1. The third-order valence-corrected chi connectivity index (χ3v) is 2.70. The zero-order valence-electron chi connectivity index (χ0n) is 9.52. The van der Waals surface area contributed by atoms with E-state index in [4.69, 9.17) is 4.74 Å². The Labute approximate surface area is 81.7 Å². The van der Waals surface area contributed by atoms with Gasteiger partial charge in [0.2, 0.25) is 0 Å². The first kappa shape index (κ1) is 12.5. The van der Waals surface area contributed by atoms with Crippen LogP contribution in [0.5, 0.6) is 0 Å². The lowest BCUT2D eigenvalue weighted by molar-refractivity contribution is -0.156. The molecule has 0 atom stereocenters. The first-order chi connectivity index (χ1) is 5.92. The van der Waals surface area contributed by atoms with Crippen LogP contribution >= 0.6 is 0 Å². The molecule has 0 N–H and O–H groups in total. The summed E-state index contributed by atoms with van der Waals surface area (Å²) in [7, 11) is 0. The minimum atomic E-state index is -0.353. The van der Waals surface area contributed by atoms with Crippen LogP contribution in [-0.2, 0) is 9.53 Å². The van der Waals surface area contributed by atoms with Crippen LogP contribution in [0.3, 0.4) is 0 Å². The number of ether oxygens (including phenoxy) is 1. The summed E-state index contributed by atoms with van der Waals surface area (Å²) in [5.41, 5.74) is -0.353. The second-order valence-corrected chi connectivity index (χ2v) is 4.37. The Morgan fingerprint density at radius 2 is 1.92 bits per heavy atom. The predicted octanol–water partition coefficient (Wildman–Crippen LogP) is 3.01. The van der Waals surface area contributed by atoms with Crippen LogP contribution in [0.25, 0.3) is 0 Å². The van der Waals surface area contributed by atoms with Gasteiger partial charge in [-0.15, -0.1) is 0 Å². The molecule has 0 saturated heterocycles. The van der Waals surface area contributed by atoms with Gasteiger partial charge in [-0.1, -0.05) is 27.2 Å². The first-order valence-corrected chi connectivity index (χ1v) is 5.10. The van der Waals surface area contributed by atoms with Gasteiger partial charge in [0.25, 0.3) is 0 Å². The molecular formula is C11H22O2. The summed E-state index contributed by atoms with van der Waals surface area (Å²) in [6.07, 6.45) is 2.02. The fraction of sp³-hybridized carbons (Fsp3) is 0.909. The zero-order chi connectivity index (χ0) is 10.5. The molecule has 0 spiro atoms. The molecule has 0 bridgehead atoms. The van der Waals surface area contributed by atoms with Gasteiger partial charge in [-0.3, -0.25) is 4.79 Å². The molecule has 0 unspecified atom stereocenters. The molecular weight excluding hydrogens is 164 g/mol. The number of carbonyl (C=O) groups is 1. The zero-order valence-corrected chi connectivity index (χ0v) is 9.52. The molecule has 2 nitrogen and oxygen atoms in total. The van der Waals surface area contributed by atoms with Crippen molar-refractivity contribution >= 4 is 5.97 Å². The average Bonchev–Trinajstić information content (AvgIpc) is 2.04. The molecule has 0 aliphatic rings. The quantitative estimate of drug-likeness (QED) is 0.487. The second-order valence-electron chi connectivity index (χ2n) is 4.37. The van der Waals surface area contributed by atoms with Crippen molar-refractivity contribution in [2.45, 2.75) is 47.5 Å². The van der Waals surface area contributed by atoms with Crippen molar-refractivity contribution in [1.29, 1.82) is 0 Å². The molecule has 0 heterocycles. The number of carbonyl (C=O) groups excluding carboxylic acids is 1. The third kappa shape index (κ3) is 3.79. The molecule has 0 aliphatic carbocycles. The van der Waals surface area contributed by atoms with E-state index >= 15 is 0 Å². The van der Waals surface area contributed by atoms with Crippen molar-refractivity contribution in [3.63, 3.8) is 0 Å². The largest absolute Gasteiger partial charge is 0.465 e. The van der Waals surface area contributed by atoms with Gasteiger partial charge in [0.15, 0.2) is 0 Å². The van der Waals surface area contributed by atoms with Crippen molar-refractivity contribution in [3.05, 3.63) is 0 Å². The molecule has 78 valence electrons. The van der Waals surface area contributed by atoms with Gasteiger partial charge in [-0.2, -0.15) is 0 Å². The SMILES string of the molecule is CCCCOC(=O)C(C)(C)C(C)C. The average molecular weight is 186 g/mol. The molecule has 0 aliphatic heterocycles. The van der Waals surface area contributed by atoms with E-state index in [1.54, 1.807) is 0 Å². The Balaban J connectivity index is 3.95. The molecule has 0 saturated carbocycles. The minimum absolute atomic E-state index is 0.0732. The van der Waals surface area contributed by atoms with E-state index in [9.17, 15) is 4.79 Å². The Kier molecular flexibility index (Phi) is 5.04. The monoisotopic (exact) mass is 186 g/mol. The fourth-order valence-corrected chi connectivity index (χ4v) is 0.731. The van der Waals surface area contributed by atoms with E-state index in [-0.39, 0.29) is 11.4 Å². The van der Waals surface area contributed by atoms with Gasteiger partial charge in [0.1, 0.15) is 0 Å². The van der Waals surface area contributed by atoms with Crippen molar-refractivity contribution in [2.24, 2.45) is 11.3 Å². The molecule has 0 aromatic carbocycles. The molecule has 0 aromatic heterocycles. The van der Waals surface area contributed by atoms with Crippen LogP contribution in [0, 0.1) is 11.3 Å². The fourth-order valence-electron chi connectivity index (χ4n) is 0.731. The van der Waals surface area contributed by atoms with E-state index < -0.39 is 0 Å². The lowest BCUT2D eigenvalue weighted by Gasteiger charge is -2.26. The van der Waals surface area contributed by atoms with E-state index in [1.807, 2.05) is 27.7 Å². The van der Waals surface area contributed by atoms with E-state index in [0.29, 0.717) is 12.5 Å². The van der Waals surface area contributed by atoms with Gasteiger partial charge in [-0.25, -0.2) is 0 Å². The number of rotatable bonds is 5. The predicted molar refractivity (Wildman–Crippen MR) is 54.5 cm³/mol. The Morgan fingerprint density at radius 1 is 1.38 bits per heavy atom. The van der Waals surface area contributed by atoms with Crippen molar-refractivity contribution < 1.29 is 9.53 Å². The van der Waals surface area contributed by atoms with Crippen molar-refractivity contribution in [1.82, 2.24) is 0 Å². The number of hydrogen-bond donors (Lipinski definition) is 0. The Hall–Kier alpha value is -0.530. The molecule has 0 fully saturated rings. The normalized spacial score (nSPS) is 11.8. The summed E-state index contributed by atoms with van der Waals surface area (Å²) >= 11 is 0. The summed E-state index contributed by atoms with van der Waals surface area (Å²) in [6, 6.07) is 0. The summed E-state index contributed by atoms with van der Waals surface area (Å²) in [5.74, 6) is 0.248. The highest BCUT2D eigenvalue weighted by atomic mass is 16.5. The Morgan fingerprint density at radius 3 is 2.31 bits per heavy atom. The molecule has 0 amide bonds. The van der Waals surface area contributed by atoms with Gasteiger partial charge >= 0.3 is 5.97 Å². The summed E-state index contributed by atoms with van der Waals surface area (Å²) in [6.45, 7) is 10.6. The topological polar surface area (TPSA) is 26.3 Å². The minimum Gasteiger partial charge on any atom is -0.465 e. The molecule has 0 radical (unpaired) electrons. The standard InChI is InChI=1S/C11H22O2/c1-6-7-8-13-10(12)11(4,5)9(2)3/h9H,6-8H2,1-5H3. The van der Waals surface area contributed by atoms with E-state index in [0.717, 1.165) is 12.8 Å². The molecule has 2 heteroatoms. The summed E-state index contributed by atoms with van der Waals surface area (Å²) in [4.78, 5) is 11.6. The van der Waals surface area contributed by atoms with Gasteiger partial charge < -0.3 is 4.74 Å². The highest BCUT2D eigenvalue weighted by molar-refractivity contribution is 5.76. The van der Waals surface area contributed by atoms with Gasteiger partial charge in [0.05, 0.1) is 12.0 Å². The van der Waals surface area contributed by atoms with Crippen LogP contribution in [0.4, 0.5) is 0 Å². The van der Waals surface area contributed by atoms with Crippen molar-refractivity contribution in [2.75, 3.05) is 6.61 Å². The number of hydrogen-bond acceptors (Lipinski definition) is 2. The van der Waals surface area contributed by atoms with Crippen LogP contribution in [0.2, 0.25) is 0 Å². The van der Waals surface area contributed by atoms with Crippen LogP contribution in [0.1, 0.15) is 47.5 Å². The summed E-state index contributed by atoms with van der Waals surface area (Å²) < 4.78 is 5.17. The molecule has 0 rings (SSSR count). The highest BCUT2D eigenvalue weighted by Crippen LogP contribution is 2.27. The van der Waals surface area contributed by atoms with Gasteiger partial charge in [-0.05, 0) is 26.2 Å². The van der Waals surface area contributed by atoms with Crippen LogP contribution < -0.4 is 0 Å². The Bertz CT molecular complexity index is 159. The highest BCUT2D eigenvalue weighted by Gasteiger charge is 2.32. The van der Waals surface area contributed by atoms with E-state index in [1.165, 1.54) is 0 Å². The first-order valence-electron chi connectivity index (χ1n) is 5.10. The summed E-state index contributed by atoms with van der Waals surface area (Å²) in [5, 5.41) is 0. The van der Waals surface area contributed by atoms with Crippen LogP contribution in [0.15, 0.2) is 0 Å². The van der Waals surface area contributed by atoms with Crippen LogP contribution in [-0.4, -0.2) is 12.6 Å². The molecule has 13 heavy (non-hydrogen) atoms. The number of unbranched alkanes of at least 4 members (excludes halogenated alkanes) is 1. The lowest BCUT2D eigenvalue weighted by Crippen LogP contribution is -2.32. The maximum atomic E-state index is 11.6. The maximum Gasteiger partial charge on any atom is 0.311 e.